The second-order valence-electron chi connectivity index (χ2n) is 6.33. The van der Waals surface area contributed by atoms with Gasteiger partial charge in [-0.1, -0.05) is 53.9 Å². The summed E-state index contributed by atoms with van der Waals surface area (Å²) in [5, 5.41) is 4.17. The predicted molar refractivity (Wildman–Crippen MR) is 117 cm³/mol. The first-order chi connectivity index (χ1) is 13.8. The molecule has 0 aliphatic heterocycles. The van der Waals surface area contributed by atoms with E-state index >= 15 is 0 Å². The van der Waals surface area contributed by atoms with E-state index in [9.17, 15) is 9.59 Å². The molecule has 0 heterocycles. The molecule has 0 saturated carbocycles. The van der Waals surface area contributed by atoms with Crippen LogP contribution in [0.1, 0.15) is 25.8 Å². The van der Waals surface area contributed by atoms with Gasteiger partial charge in [0.05, 0.1) is 5.02 Å². The molecule has 8 heteroatoms. The molecule has 1 atom stereocenters. The molecule has 156 valence electrons. The summed E-state index contributed by atoms with van der Waals surface area (Å²) in [7, 11) is 0. The third kappa shape index (κ3) is 6.81. The lowest BCUT2D eigenvalue weighted by atomic mass is 10.1. The molecule has 2 rings (SSSR count). The molecule has 0 bridgehead atoms. The Morgan fingerprint density at radius 3 is 2.28 bits per heavy atom. The Hall–Kier alpha value is -1.95. The molecule has 0 aromatic heterocycles. The molecule has 1 N–H and O–H groups in total. The average Bonchev–Trinajstić information content (AvgIpc) is 2.68. The number of hydrogen-bond acceptors (Lipinski definition) is 3. The highest BCUT2D eigenvalue weighted by atomic mass is 35.5. The number of carbonyl (C=O) groups excluding carboxylic acids is 2. The van der Waals surface area contributed by atoms with Crippen LogP contribution in [-0.2, 0) is 16.1 Å². The number of ether oxygens (including phenoxy) is 1. The molecule has 5 nitrogen and oxygen atoms in total. The summed E-state index contributed by atoms with van der Waals surface area (Å²) < 4.78 is 5.59. The first kappa shape index (κ1) is 23.3. The molecule has 0 aliphatic carbocycles. The van der Waals surface area contributed by atoms with Gasteiger partial charge in [-0.3, -0.25) is 9.59 Å². The topological polar surface area (TPSA) is 58.6 Å². The van der Waals surface area contributed by atoms with E-state index in [4.69, 9.17) is 39.5 Å². The SMILES string of the molecule is CCNC(=O)C(CC)N(Cc1ccc(Cl)cc1)C(=O)COc1ccc(Cl)cc1Cl. The van der Waals surface area contributed by atoms with Crippen LogP contribution in [0.4, 0.5) is 0 Å². The molecule has 0 fully saturated rings. The molecule has 0 spiro atoms. The number of amides is 2. The smallest absolute Gasteiger partial charge is 0.261 e. The highest BCUT2D eigenvalue weighted by Gasteiger charge is 2.28. The number of benzene rings is 2. The van der Waals surface area contributed by atoms with E-state index < -0.39 is 6.04 Å². The minimum atomic E-state index is -0.623. The van der Waals surface area contributed by atoms with Crippen LogP contribution < -0.4 is 10.1 Å². The predicted octanol–water partition coefficient (Wildman–Crippen LogP) is 4.97. The Kier molecular flexibility index (Phi) is 9.08. The lowest BCUT2D eigenvalue weighted by Gasteiger charge is -2.30. The normalized spacial score (nSPS) is 11.6. The Labute approximate surface area is 185 Å². The lowest BCUT2D eigenvalue weighted by Crippen LogP contribution is -2.50. The van der Waals surface area contributed by atoms with Crippen molar-refractivity contribution < 1.29 is 14.3 Å². The van der Waals surface area contributed by atoms with Gasteiger partial charge in [-0.15, -0.1) is 0 Å². The van der Waals surface area contributed by atoms with Crippen molar-refractivity contribution in [1.82, 2.24) is 10.2 Å². The highest BCUT2D eigenvalue weighted by molar-refractivity contribution is 6.35. The molecule has 29 heavy (non-hydrogen) atoms. The standard InChI is InChI=1S/C21H23Cl3N2O3/c1-3-18(21(28)25-4-2)26(12-14-5-7-15(22)8-6-14)20(27)13-29-19-10-9-16(23)11-17(19)24/h5-11,18H,3-4,12-13H2,1-2H3,(H,25,28). The lowest BCUT2D eigenvalue weighted by molar-refractivity contribution is -0.142. The van der Waals surface area contributed by atoms with E-state index in [0.717, 1.165) is 5.56 Å². The van der Waals surface area contributed by atoms with Gasteiger partial charge in [-0.25, -0.2) is 0 Å². The van der Waals surface area contributed by atoms with Gasteiger partial charge in [0.2, 0.25) is 5.91 Å². The van der Waals surface area contributed by atoms with Crippen LogP contribution in [0.25, 0.3) is 0 Å². The van der Waals surface area contributed by atoms with Gasteiger partial charge in [0.1, 0.15) is 11.8 Å². The highest BCUT2D eigenvalue weighted by Crippen LogP contribution is 2.27. The van der Waals surface area contributed by atoms with Crippen LogP contribution in [0.3, 0.4) is 0 Å². The van der Waals surface area contributed by atoms with Crippen molar-refractivity contribution in [3.8, 4) is 5.75 Å². The zero-order valence-corrected chi connectivity index (χ0v) is 18.5. The van der Waals surface area contributed by atoms with Crippen molar-refractivity contribution in [2.45, 2.75) is 32.9 Å². The number of carbonyl (C=O) groups is 2. The second-order valence-corrected chi connectivity index (χ2v) is 7.61. The first-order valence-electron chi connectivity index (χ1n) is 9.25. The first-order valence-corrected chi connectivity index (χ1v) is 10.4. The van der Waals surface area contributed by atoms with Crippen LogP contribution in [-0.4, -0.2) is 35.9 Å². The molecule has 2 aromatic rings. The third-order valence-electron chi connectivity index (χ3n) is 4.25. The summed E-state index contributed by atoms with van der Waals surface area (Å²) in [5.41, 5.74) is 0.857. The van der Waals surface area contributed by atoms with E-state index in [-0.39, 0.29) is 25.0 Å². The van der Waals surface area contributed by atoms with Crippen molar-refractivity contribution in [1.29, 1.82) is 0 Å². The van der Waals surface area contributed by atoms with Crippen molar-refractivity contribution >= 4 is 46.6 Å². The Morgan fingerprint density at radius 1 is 1.03 bits per heavy atom. The molecule has 1 unspecified atom stereocenters. The Morgan fingerprint density at radius 2 is 1.69 bits per heavy atom. The number of nitrogens with one attached hydrogen (secondary N) is 1. The summed E-state index contributed by atoms with van der Waals surface area (Å²) in [6, 6.07) is 11.3. The summed E-state index contributed by atoms with van der Waals surface area (Å²) in [4.78, 5) is 27.0. The van der Waals surface area contributed by atoms with E-state index in [0.29, 0.717) is 33.8 Å². The monoisotopic (exact) mass is 456 g/mol. The second kappa shape index (κ2) is 11.3. The maximum atomic E-state index is 13.0. The number of hydrogen-bond donors (Lipinski definition) is 1. The van der Waals surface area contributed by atoms with Gasteiger partial charge in [0, 0.05) is 23.1 Å². The van der Waals surface area contributed by atoms with Crippen molar-refractivity contribution in [3.63, 3.8) is 0 Å². The van der Waals surface area contributed by atoms with Crippen molar-refractivity contribution in [3.05, 3.63) is 63.1 Å². The van der Waals surface area contributed by atoms with Gasteiger partial charge in [-0.2, -0.15) is 0 Å². The molecular weight excluding hydrogens is 435 g/mol. The molecule has 2 aromatic carbocycles. The average molecular weight is 458 g/mol. The Bertz CT molecular complexity index is 844. The van der Waals surface area contributed by atoms with Crippen LogP contribution in [0.2, 0.25) is 15.1 Å². The quantitative estimate of drug-likeness (QED) is 0.578. The summed E-state index contributed by atoms with van der Waals surface area (Å²) in [5.74, 6) is -0.187. The fourth-order valence-electron chi connectivity index (χ4n) is 2.81. The summed E-state index contributed by atoms with van der Waals surface area (Å²) >= 11 is 17.9. The number of halogens is 3. The largest absolute Gasteiger partial charge is 0.482 e. The minimum absolute atomic E-state index is 0.207. The molecule has 2 amide bonds. The zero-order valence-electron chi connectivity index (χ0n) is 16.3. The zero-order chi connectivity index (χ0) is 21.4. The van der Waals surface area contributed by atoms with Crippen LogP contribution in [0, 0.1) is 0 Å². The fraction of sp³-hybridized carbons (Fsp3) is 0.333. The van der Waals surface area contributed by atoms with E-state index in [1.807, 2.05) is 26.0 Å². The fourth-order valence-corrected chi connectivity index (χ4v) is 3.40. The maximum Gasteiger partial charge on any atom is 0.261 e. The van der Waals surface area contributed by atoms with Crippen LogP contribution in [0.5, 0.6) is 5.75 Å². The van der Waals surface area contributed by atoms with Crippen LogP contribution >= 0.6 is 34.8 Å². The maximum absolute atomic E-state index is 13.0. The Balaban J connectivity index is 2.20. The number of likely N-dealkylation sites (N-methyl/N-ethyl adjacent to an activating group) is 1. The van der Waals surface area contributed by atoms with Gasteiger partial charge in [0.25, 0.3) is 5.91 Å². The van der Waals surface area contributed by atoms with Gasteiger partial charge in [0.15, 0.2) is 6.61 Å². The van der Waals surface area contributed by atoms with E-state index in [2.05, 4.69) is 5.32 Å². The van der Waals surface area contributed by atoms with Crippen LogP contribution in [0.15, 0.2) is 42.5 Å². The van der Waals surface area contributed by atoms with Gasteiger partial charge < -0.3 is 15.0 Å². The van der Waals surface area contributed by atoms with E-state index in [1.54, 1.807) is 24.3 Å². The molecular formula is C21H23Cl3N2O3. The van der Waals surface area contributed by atoms with Gasteiger partial charge >= 0.3 is 0 Å². The van der Waals surface area contributed by atoms with Crippen molar-refractivity contribution in [2.75, 3.05) is 13.2 Å². The summed E-state index contributed by atoms with van der Waals surface area (Å²) in [6.45, 7) is 4.17. The van der Waals surface area contributed by atoms with Crippen molar-refractivity contribution in [2.24, 2.45) is 0 Å². The summed E-state index contributed by atoms with van der Waals surface area (Å²) in [6.07, 6.45) is 0.465. The third-order valence-corrected chi connectivity index (χ3v) is 5.03. The number of rotatable bonds is 9. The van der Waals surface area contributed by atoms with E-state index in [1.165, 1.54) is 11.0 Å². The minimum Gasteiger partial charge on any atom is -0.482 e. The van der Waals surface area contributed by atoms with Gasteiger partial charge in [-0.05, 0) is 49.2 Å². The number of nitrogens with zero attached hydrogens (tertiary/aromatic N) is 1. The molecule has 0 saturated heterocycles. The molecule has 0 radical (unpaired) electrons. The molecule has 0 aliphatic rings.